The number of hydrogen-bond acceptors (Lipinski definition) is 5. The van der Waals surface area contributed by atoms with Crippen LogP contribution in [-0.4, -0.2) is 48.9 Å². The van der Waals surface area contributed by atoms with Gasteiger partial charge in [0.2, 0.25) is 5.91 Å². The summed E-state index contributed by atoms with van der Waals surface area (Å²) >= 11 is 1.48. The predicted octanol–water partition coefficient (Wildman–Crippen LogP) is 2.76. The number of amides is 1. The Kier molecular flexibility index (Phi) is 5.50. The van der Waals surface area contributed by atoms with Gasteiger partial charge < -0.3 is 9.47 Å². The van der Waals surface area contributed by atoms with E-state index >= 15 is 0 Å². The summed E-state index contributed by atoms with van der Waals surface area (Å²) in [5, 5.41) is 9.13. The summed E-state index contributed by atoms with van der Waals surface area (Å²) in [7, 11) is 1.93. The van der Waals surface area contributed by atoms with Crippen molar-refractivity contribution in [2.45, 2.75) is 43.0 Å². The molecule has 0 unspecified atom stereocenters. The van der Waals surface area contributed by atoms with Gasteiger partial charge in [-0.15, -0.1) is 10.2 Å². The Morgan fingerprint density at radius 3 is 2.46 bits per heavy atom. The number of thioether (sulfide) groups is 1. The molecule has 2 aromatic heterocycles. The molecule has 7 heteroatoms. The van der Waals surface area contributed by atoms with E-state index < -0.39 is 0 Å². The smallest absolute Gasteiger partial charge is 0.235 e. The maximum atomic E-state index is 12.7. The first-order valence-corrected chi connectivity index (χ1v) is 9.30. The van der Waals surface area contributed by atoms with Crippen molar-refractivity contribution in [3.8, 4) is 11.4 Å². The number of carbonyl (C=O) groups is 1. The Labute approximate surface area is 146 Å². The quantitative estimate of drug-likeness (QED) is 0.797. The molecule has 0 bridgehead atoms. The van der Waals surface area contributed by atoms with Crippen molar-refractivity contribution in [2.75, 3.05) is 13.1 Å². The highest BCUT2D eigenvalue weighted by atomic mass is 32.2. The summed E-state index contributed by atoms with van der Waals surface area (Å²) in [4.78, 5) is 18.7. The topological polar surface area (TPSA) is 63.9 Å². The lowest BCUT2D eigenvalue weighted by molar-refractivity contribution is -0.130. The van der Waals surface area contributed by atoms with E-state index in [-0.39, 0.29) is 11.2 Å². The first-order valence-electron chi connectivity index (χ1n) is 8.42. The normalized spacial score (nSPS) is 16.7. The number of likely N-dealkylation sites (tertiary alicyclic amines) is 1. The maximum Gasteiger partial charge on any atom is 0.235 e. The van der Waals surface area contributed by atoms with Crippen LogP contribution in [0.1, 0.15) is 32.6 Å². The third-order valence-electron chi connectivity index (χ3n) is 4.32. The zero-order valence-electron chi connectivity index (χ0n) is 14.2. The first-order chi connectivity index (χ1) is 11.7. The van der Waals surface area contributed by atoms with Gasteiger partial charge >= 0.3 is 0 Å². The molecule has 6 nitrogen and oxygen atoms in total. The van der Waals surface area contributed by atoms with Gasteiger partial charge in [0.25, 0.3) is 0 Å². The van der Waals surface area contributed by atoms with Crippen LogP contribution in [0.2, 0.25) is 0 Å². The molecule has 0 radical (unpaired) electrons. The maximum absolute atomic E-state index is 12.7. The summed E-state index contributed by atoms with van der Waals surface area (Å²) in [6.07, 6.45) is 8.15. The zero-order chi connectivity index (χ0) is 16.9. The second-order valence-electron chi connectivity index (χ2n) is 6.10. The summed E-state index contributed by atoms with van der Waals surface area (Å²) in [6, 6.07) is 3.81. The van der Waals surface area contributed by atoms with Crippen molar-refractivity contribution in [1.82, 2.24) is 24.6 Å². The minimum atomic E-state index is -0.156. The van der Waals surface area contributed by atoms with Gasteiger partial charge in [-0.1, -0.05) is 24.6 Å². The van der Waals surface area contributed by atoms with Crippen LogP contribution in [0, 0.1) is 0 Å². The number of nitrogens with zero attached hydrogens (tertiary/aromatic N) is 5. The van der Waals surface area contributed by atoms with Crippen molar-refractivity contribution >= 4 is 17.7 Å². The molecule has 1 aliphatic rings. The molecule has 0 aliphatic carbocycles. The van der Waals surface area contributed by atoms with Gasteiger partial charge in [0, 0.05) is 38.1 Å². The van der Waals surface area contributed by atoms with Crippen molar-refractivity contribution in [3.63, 3.8) is 0 Å². The standard InChI is InChI=1S/C17H23N5OS/c1-13(16(23)22-11-5-3-4-6-12-22)24-17-20-19-15(21(17)2)14-7-9-18-10-8-14/h7-10,13H,3-6,11-12H2,1-2H3/t13-/m1/s1. The molecule has 1 atom stereocenters. The van der Waals surface area contributed by atoms with Crippen LogP contribution in [0.15, 0.2) is 29.7 Å². The van der Waals surface area contributed by atoms with Crippen LogP contribution >= 0.6 is 11.8 Å². The lowest BCUT2D eigenvalue weighted by Crippen LogP contribution is -2.37. The largest absolute Gasteiger partial charge is 0.342 e. The van der Waals surface area contributed by atoms with Gasteiger partial charge in [-0.3, -0.25) is 9.78 Å². The van der Waals surface area contributed by atoms with Gasteiger partial charge in [-0.2, -0.15) is 0 Å². The van der Waals surface area contributed by atoms with Gasteiger partial charge in [0.1, 0.15) is 0 Å². The molecule has 0 saturated carbocycles. The molecule has 0 spiro atoms. The molecule has 3 rings (SSSR count). The highest BCUT2D eigenvalue weighted by Crippen LogP contribution is 2.26. The van der Waals surface area contributed by atoms with E-state index in [4.69, 9.17) is 0 Å². The second-order valence-corrected chi connectivity index (χ2v) is 7.41. The van der Waals surface area contributed by atoms with E-state index in [0.717, 1.165) is 42.5 Å². The fraction of sp³-hybridized carbons (Fsp3) is 0.529. The molecule has 1 amide bonds. The average Bonchev–Trinajstić information content (AvgIpc) is 2.81. The minimum Gasteiger partial charge on any atom is -0.342 e. The van der Waals surface area contributed by atoms with E-state index in [1.165, 1.54) is 24.6 Å². The highest BCUT2D eigenvalue weighted by molar-refractivity contribution is 8.00. The molecule has 1 aliphatic heterocycles. The summed E-state index contributed by atoms with van der Waals surface area (Å²) < 4.78 is 1.94. The zero-order valence-corrected chi connectivity index (χ0v) is 15.0. The fourth-order valence-corrected chi connectivity index (χ4v) is 3.83. The summed E-state index contributed by atoms with van der Waals surface area (Å²) in [6.45, 7) is 3.72. The van der Waals surface area contributed by atoms with Crippen molar-refractivity contribution in [2.24, 2.45) is 7.05 Å². The van der Waals surface area contributed by atoms with E-state index in [2.05, 4.69) is 15.2 Å². The lowest BCUT2D eigenvalue weighted by Gasteiger charge is -2.23. The molecule has 0 aromatic carbocycles. The SMILES string of the molecule is C[C@@H](Sc1nnc(-c2ccncc2)n1C)C(=O)N1CCCCCC1. The Hall–Kier alpha value is -1.89. The monoisotopic (exact) mass is 345 g/mol. The Balaban J connectivity index is 1.69. The summed E-state index contributed by atoms with van der Waals surface area (Å²) in [5.41, 5.74) is 0.971. The molecule has 1 saturated heterocycles. The van der Waals surface area contributed by atoms with E-state index in [9.17, 15) is 4.79 Å². The van der Waals surface area contributed by atoms with Gasteiger partial charge in [-0.25, -0.2) is 0 Å². The number of carbonyl (C=O) groups excluding carboxylic acids is 1. The molecule has 2 aromatic rings. The molecule has 0 N–H and O–H groups in total. The third-order valence-corrected chi connectivity index (χ3v) is 5.44. The predicted molar refractivity (Wildman–Crippen MR) is 94.6 cm³/mol. The van der Waals surface area contributed by atoms with Crippen LogP contribution in [0.25, 0.3) is 11.4 Å². The van der Waals surface area contributed by atoms with Crippen molar-refractivity contribution < 1.29 is 4.79 Å². The van der Waals surface area contributed by atoms with Crippen LogP contribution in [0.5, 0.6) is 0 Å². The van der Waals surface area contributed by atoms with Crippen molar-refractivity contribution in [1.29, 1.82) is 0 Å². The van der Waals surface area contributed by atoms with Crippen molar-refractivity contribution in [3.05, 3.63) is 24.5 Å². The van der Waals surface area contributed by atoms with Crippen LogP contribution in [0.3, 0.4) is 0 Å². The molecular weight excluding hydrogens is 322 g/mol. The van der Waals surface area contributed by atoms with Gasteiger partial charge in [-0.05, 0) is 31.9 Å². The molecule has 1 fully saturated rings. The molecular formula is C17H23N5OS. The fourth-order valence-electron chi connectivity index (χ4n) is 2.93. The minimum absolute atomic E-state index is 0.156. The molecule has 3 heterocycles. The van der Waals surface area contributed by atoms with E-state index in [1.807, 2.05) is 35.6 Å². The molecule has 24 heavy (non-hydrogen) atoms. The van der Waals surface area contributed by atoms with E-state index in [1.54, 1.807) is 12.4 Å². The second kappa shape index (κ2) is 7.79. The van der Waals surface area contributed by atoms with Crippen LogP contribution in [-0.2, 0) is 11.8 Å². The van der Waals surface area contributed by atoms with Gasteiger partial charge in [0.05, 0.1) is 5.25 Å². The van der Waals surface area contributed by atoms with Gasteiger partial charge in [0.15, 0.2) is 11.0 Å². The first kappa shape index (κ1) is 17.0. The Morgan fingerprint density at radius 2 is 1.79 bits per heavy atom. The van der Waals surface area contributed by atoms with Crippen LogP contribution < -0.4 is 0 Å². The Morgan fingerprint density at radius 1 is 1.12 bits per heavy atom. The van der Waals surface area contributed by atoms with E-state index in [0.29, 0.717) is 0 Å². The Bertz CT molecular complexity index is 680. The summed E-state index contributed by atoms with van der Waals surface area (Å²) in [5.74, 6) is 0.990. The van der Waals surface area contributed by atoms with Crippen LogP contribution in [0.4, 0.5) is 0 Å². The number of rotatable bonds is 4. The average molecular weight is 345 g/mol. The highest BCUT2D eigenvalue weighted by Gasteiger charge is 2.24. The number of pyridine rings is 1. The number of hydrogen-bond donors (Lipinski definition) is 0. The third kappa shape index (κ3) is 3.77. The lowest BCUT2D eigenvalue weighted by atomic mass is 10.2. The number of aromatic nitrogens is 4. The molecule has 128 valence electrons.